The summed E-state index contributed by atoms with van der Waals surface area (Å²) in [6, 6.07) is 18.7. The van der Waals surface area contributed by atoms with Gasteiger partial charge >= 0.3 is 12.1 Å². The van der Waals surface area contributed by atoms with E-state index < -0.39 is 17.7 Å². The van der Waals surface area contributed by atoms with E-state index in [0.29, 0.717) is 45.1 Å². The normalized spacial score (nSPS) is 11.6. The summed E-state index contributed by atoms with van der Waals surface area (Å²) in [6.07, 6.45) is -4.54. The first-order chi connectivity index (χ1) is 19.7. The molecule has 0 fully saturated rings. The van der Waals surface area contributed by atoms with E-state index in [1.54, 1.807) is 48.9 Å². The van der Waals surface area contributed by atoms with Crippen molar-refractivity contribution in [3.63, 3.8) is 0 Å². The van der Waals surface area contributed by atoms with E-state index in [4.69, 9.17) is 19.2 Å². The summed E-state index contributed by atoms with van der Waals surface area (Å²) in [5, 5.41) is 0. The van der Waals surface area contributed by atoms with Crippen molar-refractivity contribution in [1.82, 2.24) is 19.5 Å². The molecule has 3 aromatic carbocycles. The molecule has 5 aromatic rings. The fraction of sp³-hybridized carbons (Fsp3) is 0.200. The second kappa shape index (κ2) is 11.4. The first kappa shape index (κ1) is 27.8. The van der Waals surface area contributed by atoms with Gasteiger partial charge in [0.25, 0.3) is 0 Å². The fourth-order valence-electron chi connectivity index (χ4n) is 4.38. The van der Waals surface area contributed by atoms with Crippen molar-refractivity contribution >= 4 is 17.1 Å². The summed E-state index contributed by atoms with van der Waals surface area (Å²) in [5.41, 5.74) is 2.14. The lowest BCUT2D eigenvalue weighted by Crippen LogP contribution is -2.06. The van der Waals surface area contributed by atoms with E-state index in [0.717, 1.165) is 12.1 Å². The molecule has 0 aliphatic rings. The summed E-state index contributed by atoms with van der Waals surface area (Å²) in [6.45, 7) is 2.01. The molecule has 0 aliphatic carbocycles. The molecule has 41 heavy (non-hydrogen) atoms. The third-order valence-electron chi connectivity index (χ3n) is 6.30. The molecule has 0 spiro atoms. The largest absolute Gasteiger partial charge is 0.497 e. The van der Waals surface area contributed by atoms with Crippen LogP contribution in [0.3, 0.4) is 0 Å². The molecule has 0 unspecified atom stereocenters. The highest BCUT2D eigenvalue weighted by molar-refractivity contribution is 5.93. The minimum atomic E-state index is -4.54. The van der Waals surface area contributed by atoms with Crippen molar-refractivity contribution in [3.8, 4) is 39.8 Å². The van der Waals surface area contributed by atoms with Crippen LogP contribution in [0.15, 0.2) is 72.8 Å². The summed E-state index contributed by atoms with van der Waals surface area (Å²) < 4.78 is 58.3. The van der Waals surface area contributed by atoms with E-state index in [1.807, 2.05) is 18.2 Å². The van der Waals surface area contributed by atoms with Gasteiger partial charge in [-0.15, -0.1) is 0 Å². The Labute approximate surface area is 233 Å². The number of halogens is 3. The van der Waals surface area contributed by atoms with Gasteiger partial charge in [0.1, 0.15) is 29.5 Å². The lowest BCUT2D eigenvalue weighted by Gasteiger charge is -2.11. The van der Waals surface area contributed by atoms with Crippen LogP contribution in [0, 0.1) is 0 Å². The quantitative estimate of drug-likeness (QED) is 0.196. The Bertz CT molecular complexity index is 1720. The van der Waals surface area contributed by atoms with Crippen molar-refractivity contribution in [1.29, 1.82) is 0 Å². The monoisotopic (exact) mass is 562 g/mol. The van der Waals surface area contributed by atoms with Crippen LogP contribution in [-0.4, -0.2) is 46.3 Å². The number of hydrogen-bond donors (Lipinski definition) is 0. The van der Waals surface area contributed by atoms with E-state index in [-0.39, 0.29) is 24.7 Å². The summed E-state index contributed by atoms with van der Waals surface area (Å²) >= 11 is 0. The van der Waals surface area contributed by atoms with Crippen LogP contribution in [0.1, 0.15) is 22.8 Å². The van der Waals surface area contributed by atoms with Gasteiger partial charge in [0.2, 0.25) is 0 Å². The number of benzene rings is 3. The third kappa shape index (κ3) is 5.62. The Morgan fingerprint density at radius 3 is 2.29 bits per heavy atom. The Kier molecular flexibility index (Phi) is 7.71. The number of carbonyl (C=O) groups is 1. The lowest BCUT2D eigenvalue weighted by atomic mass is 10.1. The highest BCUT2D eigenvalue weighted by Crippen LogP contribution is 2.35. The minimum Gasteiger partial charge on any atom is -0.497 e. The summed E-state index contributed by atoms with van der Waals surface area (Å²) in [7, 11) is 3.08. The first-order valence-electron chi connectivity index (χ1n) is 12.6. The van der Waals surface area contributed by atoms with Crippen LogP contribution in [0.5, 0.6) is 5.75 Å². The average molecular weight is 563 g/mol. The predicted octanol–water partition coefficient (Wildman–Crippen LogP) is 6.64. The SMILES string of the molecule is CCOC(=O)c1ccc(-c2nc(-c3cccc(C(F)(F)F)c3)nc3c2nc(-c2cccc(OC)c2)n3COC)cc1. The van der Waals surface area contributed by atoms with Crippen molar-refractivity contribution in [2.24, 2.45) is 0 Å². The third-order valence-corrected chi connectivity index (χ3v) is 6.30. The zero-order valence-corrected chi connectivity index (χ0v) is 22.4. The smallest absolute Gasteiger partial charge is 0.416 e. The van der Waals surface area contributed by atoms with Crippen LogP contribution in [0.4, 0.5) is 13.2 Å². The molecule has 0 saturated carbocycles. The molecule has 2 aromatic heterocycles. The number of fused-ring (bicyclic) bond motifs is 1. The van der Waals surface area contributed by atoms with Gasteiger partial charge in [-0.05, 0) is 43.3 Å². The highest BCUT2D eigenvalue weighted by Gasteiger charge is 2.31. The Balaban J connectivity index is 1.77. The van der Waals surface area contributed by atoms with Crippen LogP contribution in [-0.2, 0) is 22.4 Å². The van der Waals surface area contributed by atoms with E-state index in [1.165, 1.54) is 19.2 Å². The standard InChI is InChI=1S/C30H25F3N4O4/c1-4-41-29(38)19-13-11-18(12-14-19)24-25-28(36-26(34-24)20-7-5-9-22(15-20)30(31,32)33)37(17-39-2)27(35-25)21-8-6-10-23(16-21)40-3/h5-16H,4,17H2,1-3H3. The number of nitrogens with zero attached hydrogens (tertiary/aromatic N) is 4. The molecule has 8 nitrogen and oxygen atoms in total. The van der Waals surface area contributed by atoms with Crippen molar-refractivity contribution in [2.45, 2.75) is 19.8 Å². The van der Waals surface area contributed by atoms with Crippen LogP contribution in [0.25, 0.3) is 45.2 Å². The van der Waals surface area contributed by atoms with E-state index in [2.05, 4.69) is 9.97 Å². The molecule has 0 N–H and O–H groups in total. The maximum atomic E-state index is 13.5. The van der Waals surface area contributed by atoms with Gasteiger partial charge in [-0.3, -0.25) is 4.57 Å². The molecular weight excluding hydrogens is 537 g/mol. The molecule has 0 atom stereocenters. The van der Waals surface area contributed by atoms with Crippen molar-refractivity contribution in [3.05, 3.63) is 83.9 Å². The summed E-state index contributed by atoms with van der Waals surface area (Å²) in [4.78, 5) is 26.4. The zero-order valence-electron chi connectivity index (χ0n) is 22.4. The van der Waals surface area contributed by atoms with Gasteiger partial charge in [-0.25, -0.2) is 19.7 Å². The molecule has 5 rings (SSSR count). The number of esters is 1. The van der Waals surface area contributed by atoms with Gasteiger partial charge < -0.3 is 14.2 Å². The number of methoxy groups -OCH3 is 2. The number of imidazole rings is 1. The maximum absolute atomic E-state index is 13.5. The number of aromatic nitrogens is 4. The van der Waals surface area contributed by atoms with Crippen LogP contribution < -0.4 is 4.74 Å². The second-order valence-corrected chi connectivity index (χ2v) is 8.96. The maximum Gasteiger partial charge on any atom is 0.416 e. The van der Waals surface area contributed by atoms with Crippen molar-refractivity contribution in [2.75, 3.05) is 20.8 Å². The fourth-order valence-corrected chi connectivity index (χ4v) is 4.38. The number of ether oxygens (including phenoxy) is 3. The Morgan fingerprint density at radius 2 is 1.61 bits per heavy atom. The summed E-state index contributed by atoms with van der Waals surface area (Å²) in [5.74, 6) is 0.716. The molecule has 0 saturated heterocycles. The van der Waals surface area contributed by atoms with E-state index in [9.17, 15) is 18.0 Å². The molecule has 0 radical (unpaired) electrons. The molecule has 0 bridgehead atoms. The van der Waals surface area contributed by atoms with Gasteiger partial charge in [0.15, 0.2) is 11.5 Å². The molecule has 0 amide bonds. The Hall–Kier alpha value is -4.77. The number of carbonyl (C=O) groups excluding carboxylic acids is 1. The first-order valence-corrected chi connectivity index (χ1v) is 12.6. The minimum absolute atomic E-state index is 0.0589. The molecule has 0 aliphatic heterocycles. The van der Waals surface area contributed by atoms with Gasteiger partial charge in [-0.2, -0.15) is 13.2 Å². The van der Waals surface area contributed by atoms with Gasteiger partial charge in [0, 0.05) is 23.8 Å². The molecule has 2 heterocycles. The van der Waals surface area contributed by atoms with Crippen LogP contribution in [0.2, 0.25) is 0 Å². The van der Waals surface area contributed by atoms with E-state index >= 15 is 0 Å². The number of alkyl halides is 3. The topological polar surface area (TPSA) is 88.4 Å². The number of rotatable bonds is 8. The number of hydrogen-bond acceptors (Lipinski definition) is 7. The van der Waals surface area contributed by atoms with Crippen molar-refractivity contribution < 1.29 is 32.2 Å². The second-order valence-electron chi connectivity index (χ2n) is 8.96. The predicted molar refractivity (Wildman–Crippen MR) is 146 cm³/mol. The highest BCUT2D eigenvalue weighted by atomic mass is 19.4. The Morgan fingerprint density at radius 1 is 0.878 bits per heavy atom. The zero-order chi connectivity index (χ0) is 29.1. The molecule has 11 heteroatoms. The lowest BCUT2D eigenvalue weighted by molar-refractivity contribution is -0.137. The van der Waals surface area contributed by atoms with Crippen LogP contribution >= 0.6 is 0 Å². The molecule has 210 valence electrons. The molecular formula is C30H25F3N4O4. The average Bonchev–Trinajstić information content (AvgIpc) is 3.35. The van der Waals surface area contributed by atoms with Gasteiger partial charge in [-0.1, -0.05) is 36.4 Å². The van der Waals surface area contributed by atoms with Gasteiger partial charge in [0.05, 0.1) is 24.8 Å².